The van der Waals surface area contributed by atoms with Gasteiger partial charge in [0.25, 0.3) is 0 Å². The Morgan fingerprint density at radius 3 is 1.48 bits per heavy atom. The number of imide groups is 2. The van der Waals surface area contributed by atoms with Gasteiger partial charge in [-0.1, -0.05) is 37.8 Å². The number of allylic oxidation sites excluding steroid dienone is 2. The van der Waals surface area contributed by atoms with Crippen LogP contribution in [0, 0.1) is 5.41 Å². The molecule has 3 aliphatic rings. The van der Waals surface area contributed by atoms with E-state index in [2.05, 4.69) is 13.2 Å². The quantitative estimate of drug-likeness (QED) is 0.544. The molecule has 0 aromatic rings. The standard InChI is InChI=1S/C20H28N2O3/c1-3-13-20(14-4-2)17(23)21(15-9-5-6-10-15)19(25)22(18(20)24)16-11-7-8-12-16/h3-4,15-16H,1-2,5-14H2. The molecule has 0 spiro atoms. The van der Waals surface area contributed by atoms with Gasteiger partial charge in [0.05, 0.1) is 0 Å². The Morgan fingerprint density at radius 1 is 0.800 bits per heavy atom. The minimum absolute atomic E-state index is 0.0778. The molecule has 4 amide bonds. The first-order valence-electron chi connectivity index (χ1n) is 9.50. The summed E-state index contributed by atoms with van der Waals surface area (Å²) in [5.74, 6) is -0.688. The fourth-order valence-corrected chi connectivity index (χ4v) is 4.74. The molecule has 0 atom stereocenters. The lowest BCUT2D eigenvalue weighted by molar-refractivity contribution is -0.161. The summed E-state index contributed by atoms with van der Waals surface area (Å²) in [7, 11) is 0. The van der Waals surface area contributed by atoms with Gasteiger partial charge in [-0.25, -0.2) is 4.79 Å². The molecular weight excluding hydrogens is 316 g/mol. The third-order valence-corrected chi connectivity index (χ3v) is 6.03. The van der Waals surface area contributed by atoms with E-state index >= 15 is 0 Å². The van der Waals surface area contributed by atoms with Gasteiger partial charge in [0.2, 0.25) is 11.8 Å². The molecule has 2 aliphatic carbocycles. The van der Waals surface area contributed by atoms with Crippen LogP contribution in [0.1, 0.15) is 64.2 Å². The van der Waals surface area contributed by atoms with Crippen LogP contribution in [0.15, 0.2) is 25.3 Å². The lowest BCUT2D eigenvalue weighted by Gasteiger charge is -2.47. The Bertz CT molecular complexity index is 536. The van der Waals surface area contributed by atoms with Crippen molar-refractivity contribution < 1.29 is 14.4 Å². The molecule has 1 saturated heterocycles. The van der Waals surface area contributed by atoms with E-state index in [1.807, 2.05) is 0 Å². The van der Waals surface area contributed by atoms with Gasteiger partial charge in [0, 0.05) is 12.1 Å². The van der Waals surface area contributed by atoms with E-state index in [0.29, 0.717) is 0 Å². The van der Waals surface area contributed by atoms with Gasteiger partial charge in [0.1, 0.15) is 5.41 Å². The second-order valence-corrected chi connectivity index (χ2v) is 7.58. The van der Waals surface area contributed by atoms with Crippen molar-refractivity contribution >= 4 is 17.8 Å². The van der Waals surface area contributed by atoms with Crippen LogP contribution in [-0.2, 0) is 9.59 Å². The van der Waals surface area contributed by atoms with Crippen molar-refractivity contribution in [1.82, 2.24) is 9.80 Å². The third-order valence-electron chi connectivity index (χ3n) is 6.03. The van der Waals surface area contributed by atoms with E-state index in [9.17, 15) is 14.4 Å². The number of rotatable bonds is 6. The number of hydrogen-bond acceptors (Lipinski definition) is 3. The summed E-state index contributed by atoms with van der Waals surface area (Å²) in [6.07, 6.45) is 11.2. The van der Waals surface area contributed by atoms with Crippen molar-refractivity contribution in [2.45, 2.75) is 76.3 Å². The van der Waals surface area contributed by atoms with Gasteiger partial charge in [-0.05, 0) is 38.5 Å². The van der Waals surface area contributed by atoms with Gasteiger partial charge in [-0.2, -0.15) is 0 Å². The predicted octanol–water partition coefficient (Wildman–Crippen LogP) is 3.80. The topological polar surface area (TPSA) is 57.7 Å². The van der Waals surface area contributed by atoms with Gasteiger partial charge < -0.3 is 0 Å². The Kier molecular flexibility index (Phi) is 5.11. The molecule has 5 nitrogen and oxygen atoms in total. The van der Waals surface area contributed by atoms with Crippen molar-refractivity contribution in [3.8, 4) is 0 Å². The van der Waals surface area contributed by atoms with Crippen LogP contribution in [0.4, 0.5) is 4.79 Å². The summed E-state index contributed by atoms with van der Waals surface area (Å²) in [5, 5.41) is 0. The van der Waals surface area contributed by atoms with E-state index in [-0.39, 0.29) is 36.7 Å². The first-order valence-corrected chi connectivity index (χ1v) is 9.50. The fourth-order valence-electron chi connectivity index (χ4n) is 4.74. The van der Waals surface area contributed by atoms with E-state index in [1.54, 1.807) is 12.2 Å². The van der Waals surface area contributed by atoms with Crippen LogP contribution in [-0.4, -0.2) is 39.7 Å². The zero-order valence-electron chi connectivity index (χ0n) is 14.9. The predicted molar refractivity (Wildman–Crippen MR) is 95.7 cm³/mol. The van der Waals surface area contributed by atoms with E-state index in [0.717, 1.165) is 51.4 Å². The maximum Gasteiger partial charge on any atom is 0.333 e. The van der Waals surface area contributed by atoms with Crippen LogP contribution in [0.2, 0.25) is 0 Å². The molecule has 5 heteroatoms. The second-order valence-electron chi connectivity index (χ2n) is 7.58. The summed E-state index contributed by atoms with van der Waals surface area (Å²) in [6.45, 7) is 7.51. The highest BCUT2D eigenvalue weighted by Crippen LogP contribution is 2.42. The zero-order chi connectivity index (χ0) is 18.0. The molecule has 2 saturated carbocycles. The molecule has 1 aliphatic heterocycles. The average Bonchev–Trinajstić information content (AvgIpc) is 3.27. The Hall–Kier alpha value is -1.91. The molecule has 0 aromatic heterocycles. The monoisotopic (exact) mass is 344 g/mol. The highest BCUT2D eigenvalue weighted by molar-refractivity contribution is 6.19. The summed E-state index contributed by atoms with van der Waals surface area (Å²) >= 11 is 0. The molecule has 136 valence electrons. The minimum Gasteiger partial charge on any atom is -0.273 e. The molecular formula is C20H28N2O3. The molecule has 0 radical (unpaired) electrons. The maximum absolute atomic E-state index is 13.4. The van der Waals surface area contributed by atoms with E-state index in [4.69, 9.17) is 0 Å². The van der Waals surface area contributed by atoms with Crippen LogP contribution < -0.4 is 0 Å². The molecule has 1 heterocycles. The molecule has 0 unspecified atom stereocenters. The largest absolute Gasteiger partial charge is 0.333 e. The Balaban J connectivity index is 2.05. The van der Waals surface area contributed by atoms with E-state index < -0.39 is 11.4 Å². The number of amides is 4. The lowest BCUT2D eigenvalue weighted by atomic mass is 9.76. The van der Waals surface area contributed by atoms with Crippen molar-refractivity contribution in [3.05, 3.63) is 25.3 Å². The van der Waals surface area contributed by atoms with Gasteiger partial charge in [-0.3, -0.25) is 19.4 Å². The normalized spacial score (nSPS) is 25.0. The molecule has 0 bridgehead atoms. The van der Waals surface area contributed by atoms with Crippen LogP contribution in [0.3, 0.4) is 0 Å². The summed E-state index contributed by atoms with van der Waals surface area (Å²) in [4.78, 5) is 42.7. The molecule has 3 fully saturated rings. The average molecular weight is 344 g/mol. The smallest absolute Gasteiger partial charge is 0.273 e. The SMILES string of the molecule is C=CCC1(CC=C)C(=O)N(C2CCCC2)C(=O)N(C2CCCC2)C1=O. The van der Waals surface area contributed by atoms with Crippen LogP contribution in [0.25, 0.3) is 0 Å². The van der Waals surface area contributed by atoms with Gasteiger partial charge in [-0.15, -0.1) is 13.2 Å². The summed E-state index contributed by atoms with van der Waals surface area (Å²) in [5.41, 5.74) is -1.25. The first-order chi connectivity index (χ1) is 12.1. The summed E-state index contributed by atoms with van der Waals surface area (Å²) < 4.78 is 0. The lowest BCUT2D eigenvalue weighted by Crippen LogP contribution is -2.68. The third kappa shape index (κ3) is 2.83. The van der Waals surface area contributed by atoms with Gasteiger partial charge in [0.15, 0.2) is 0 Å². The Morgan fingerprint density at radius 2 is 1.16 bits per heavy atom. The van der Waals surface area contributed by atoms with Crippen molar-refractivity contribution in [1.29, 1.82) is 0 Å². The van der Waals surface area contributed by atoms with Crippen LogP contribution in [0.5, 0.6) is 0 Å². The maximum atomic E-state index is 13.4. The van der Waals surface area contributed by atoms with Crippen molar-refractivity contribution in [2.75, 3.05) is 0 Å². The molecule has 0 N–H and O–H groups in total. The second kappa shape index (κ2) is 7.14. The highest BCUT2D eigenvalue weighted by atomic mass is 16.2. The number of carbonyl (C=O) groups excluding carboxylic acids is 3. The van der Waals surface area contributed by atoms with Gasteiger partial charge >= 0.3 is 6.03 Å². The molecule has 25 heavy (non-hydrogen) atoms. The van der Waals surface area contributed by atoms with Crippen molar-refractivity contribution in [3.63, 3.8) is 0 Å². The van der Waals surface area contributed by atoms with Crippen LogP contribution >= 0.6 is 0 Å². The number of hydrogen-bond donors (Lipinski definition) is 0. The van der Waals surface area contributed by atoms with Crippen molar-refractivity contribution in [2.24, 2.45) is 5.41 Å². The fraction of sp³-hybridized carbons (Fsp3) is 0.650. The zero-order valence-corrected chi connectivity index (χ0v) is 14.9. The Labute approximate surface area is 149 Å². The number of barbiturate groups is 1. The summed E-state index contributed by atoms with van der Waals surface area (Å²) in [6, 6.07) is -0.547. The molecule has 3 rings (SSSR count). The first kappa shape index (κ1) is 17.9. The highest BCUT2D eigenvalue weighted by Gasteiger charge is 2.58. The minimum atomic E-state index is -1.25. The van der Waals surface area contributed by atoms with E-state index in [1.165, 1.54) is 9.80 Å². The number of urea groups is 1. The number of nitrogens with zero attached hydrogens (tertiary/aromatic N) is 2. The molecule has 0 aromatic carbocycles. The number of carbonyl (C=O) groups is 3.